The maximum absolute atomic E-state index is 11.6. The third-order valence-corrected chi connectivity index (χ3v) is 2.54. The van der Waals surface area contributed by atoms with Crippen LogP contribution in [0.5, 0.6) is 0 Å². The summed E-state index contributed by atoms with van der Waals surface area (Å²) in [6, 6.07) is 4.85. The van der Waals surface area contributed by atoms with Crippen LogP contribution in [0.15, 0.2) is 18.2 Å². The van der Waals surface area contributed by atoms with Gasteiger partial charge in [-0.15, -0.1) is 0 Å². The van der Waals surface area contributed by atoms with Gasteiger partial charge in [-0.2, -0.15) is 0 Å². The number of carbonyl (C=O) groups excluding carboxylic acids is 1. The van der Waals surface area contributed by atoms with E-state index < -0.39 is 0 Å². The van der Waals surface area contributed by atoms with Gasteiger partial charge in [-0.3, -0.25) is 4.79 Å². The number of nitrogens with one attached hydrogen (secondary N) is 1. The van der Waals surface area contributed by atoms with Gasteiger partial charge in [0, 0.05) is 11.6 Å². The molecule has 0 aromatic heterocycles. The molecule has 0 spiro atoms. The predicted octanol–water partition coefficient (Wildman–Crippen LogP) is 3.52. The van der Waals surface area contributed by atoms with Crippen LogP contribution in [-0.2, 0) is 0 Å². The standard InChI is InChI=1S/C11H13Cl2NO/c1-2-3-6-14-11(15)9-5-4-8(12)7-10(9)13/h4-5,7H,2-3,6H2,1H3,(H,14,15). The van der Waals surface area contributed by atoms with Gasteiger partial charge in [0.1, 0.15) is 0 Å². The molecule has 82 valence electrons. The molecule has 0 bridgehead atoms. The summed E-state index contributed by atoms with van der Waals surface area (Å²) in [5.74, 6) is -0.148. The van der Waals surface area contributed by atoms with Crippen LogP contribution in [0.3, 0.4) is 0 Å². The number of hydrogen-bond acceptors (Lipinski definition) is 1. The molecule has 0 aliphatic heterocycles. The second kappa shape index (κ2) is 5.99. The lowest BCUT2D eigenvalue weighted by molar-refractivity contribution is 0.0953. The van der Waals surface area contributed by atoms with E-state index in [-0.39, 0.29) is 5.91 Å². The normalized spacial score (nSPS) is 10.1. The highest BCUT2D eigenvalue weighted by Gasteiger charge is 2.09. The average Bonchev–Trinajstić information content (AvgIpc) is 2.17. The zero-order valence-electron chi connectivity index (χ0n) is 8.52. The Bertz CT molecular complexity index is 352. The molecule has 2 nitrogen and oxygen atoms in total. The Kier molecular flexibility index (Phi) is 4.92. The summed E-state index contributed by atoms with van der Waals surface area (Å²) in [6.45, 7) is 2.75. The van der Waals surface area contributed by atoms with E-state index in [0.717, 1.165) is 12.8 Å². The van der Waals surface area contributed by atoms with Crippen molar-refractivity contribution in [3.8, 4) is 0 Å². The number of benzene rings is 1. The van der Waals surface area contributed by atoms with Gasteiger partial charge in [-0.1, -0.05) is 36.5 Å². The summed E-state index contributed by atoms with van der Waals surface area (Å²) >= 11 is 11.6. The van der Waals surface area contributed by atoms with Gasteiger partial charge in [0.2, 0.25) is 0 Å². The molecule has 0 unspecified atom stereocenters. The minimum atomic E-state index is -0.148. The highest BCUT2D eigenvalue weighted by atomic mass is 35.5. The minimum absolute atomic E-state index is 0.148. The molecule has 0 saturated heterocycles. The van der Waals surface area contributed by atoms with Gasteiger partial charge in [0.15, 0.2) is 0 Å². The Labute approximate surface area is 99.6 Å². The number of carbonyl (C=O) groups is 1. The second-order valence-corrected chi connectivity index (χ2v) is 4.08. The van der Waals surface area contributed by atoms with Crippen molar-refractivity contribution in [3.05, 3.63) is 33.8 Å². The van der Waals surface area contributed by atoms with Crippen molar-refractivity contribution in [1.82, 2.24) is 5.32 Å². The van der Waals surface area contributed by atoms with Crippen LogP contribution in [0, 0.1) is 0 Å². The quantitative estimate of drug-likeness (QED) is 0.809. The van der Waals surface area contributed by atoms with E-state index in [2.05, 4.69) is 12.2 Å². The molecule has 1 rings (SSSR count). The molecule has 15 heavy (non-hydrogen) atoms. The third kappa shape index (κ3) is 3.73. The molecule has 0 heterocycles. The fourth-order valence-corrected chi connectivity index (χ4v) is 1.64. The van der Waals surface area contributed by atoms with Crippen molar-refractivity contribution in [1.29, 1.82) is 0 Å². The summed E-state index contributed by atoms with van der Waals surface area (Å²) in [6.07, 6.45) is 2.02. The first-order chi connectivity index (χ1) is 7.15. The average molecular weight is 246 g/mol. The van der Waals surface area contributed by atoms with Crippen molar-refractivity contribution < 1.29 is 4.79 Å². The molecule has 0 aliphatic carbocycles. The van der Waals surface area contributed by atoms with Crippen LogP contribution in [0.4, 0.5) is 0 Å². The lowest BCUT2D eigenvalue weighted by Gasteiger charge is -2.05. The molecule has 1 N–H and O–H groups in total. The van der Waals surface area contributed by atoms with Crippen LogP contribution >= 0.6 is 23.2 Å². The number of amides is 1. The minimum Gasteiger partial charge on any atom is -0.352 e. The van der Waals surface area contributed by atoms with Crippen molar-refractivity contribution in [2.45, 2.75) is 19.8 Å². The van der Waals surface area contributed by atoms with Crippen LogP contribution in [0.25, 0.3) is 0 Å². The molecule has 0 saturated carbocycles. The fourth-order valence-electron chi connectivity index (χ4n) is 1.15. The molecule has 1 aromatic carbocycles. The highest BCUT2D eigenvalue weighted by molar-refractivity contribution is 6.36. The first-order valence-corrected chi connectivity index (χ1v) is 5.64. The van der Waals surface area contributed by atoms with Crippen molar-refractivity contribution in [2.75, 3.05) is 6.54 Å². The van der Waals surface area contributed by atoms with E-state index in [9.17, 15) is 4.79 Å². The second-order valence-electron chi connectivity index (χ2n) is 3.23. The Hall–Kier alpha value is -0.730. The van der Waals surface area contributed by atoms with Gasteiger partial charge in [-0.25, -0.2) is 0 Å². The van der Waals surface area contributed by atoms with E-state index in [4.69, 9.17) is 23.2 Å². The fraction of sp³-hybridized carbons (Fsp3) is 0.364. The maximum atomic E-state index is 11.6. The Balaban J connectivity index is 2.65. The lowest BCUT2D eigenvalue weighted by atomic mass is 10.2. The summed E-state index contributed by atoms with van der Waals surface area (Å²) in [5, 5.41) is 3.71. The highest BCUT2D eigenvalue weighted by Crippen LogP contribution is 2.20. The Morgan fingerprint density at radius 2 is 2.13 bits per heavy atom. The summed E-state index contributed by atoms with van der Waals surface area (Å²) < 4.78 is 0. The van der Waals surface area contributed by atoms with Crippen LogP contribution in [-0.4, -0.2) is 12.5 Å². The number of halogens is 2. The summed E-state index contributed by atoms with van der Waals surface area (Å²) in [7, 11) is 0. The van der Waals surface area contributed by atoms with E-state index >= 15 is 0 Å². The number of unbranched alkanes of at least 4 members (excludes halogenated alkanes) is 1. The molecular weight excluding hydrogens is 233 g/mol. The number of hydrogen-bond donors (Lipinski definition) is 1. The van der Waals surface area contributed by atoms with E-state index in [1.54, 1.807) is 18.2 Å². The van der Waals surface area contributed by atoms with Gasteiger partial charge >= 0.3 is 0 Å². The molecule has 0 fully saturated rings. The topological polar surface area (TPSA) is 29.1 Å². The summed E-state index contributed by atoms with van der Waals surface area (Å²) in [4.78, 5) is 11.6. The SMILES string of the molecule is CCCCNC(=O)c1ccc(Cl)cc1Cl. The summed E-state index contributed by atoms with van der Waals surface area (Å²) in [5.41, 5.74) is 0.470. The van der Waals surface area contributed by atoms with Gasteiger partial charge in [0.05, 0.1) is 10.6 Å². The lowest BCUT2D eigenvalue weighted by Crippen LogP contribution is -2.24. The zero-order valence-corrected chi connectivity index (χ0v) is 10.0. The van der Waals surface area contributed by atoms with E-state index in [1.807, 2.05) is 0 Å². The van der Waals surface area contributed by atoms with Crippen molar-refractivity contribution >= 4 is 29.1 Å². The number of rotatable bonds is 4. The largest absolute Gasteiger partial charge is 0.352 e. The Morgan fingerprint density at radius 3 is 2.73 bits per heavy atom. The Morgan fingerprint density at radius 1 is 1.40 bits per heavy atom. The first kappa shape index (κ1) is 12.3. The maximum Gasteiger partial charge on any atom is 0.252 e. The van der Waals surface area contributed by atoms with E-state index in [0.29, 0.717) is 22.2 Å². The molecule has 1 aromatic rings. The predicted molar refractivity (Wildman–Crippen MR) is 63.7 cm³/mol. The van der Waals surface area contributed by atoms with Crippen molar-refractivity contribution in [2.24, 2.45) is 0 Å². The van der Waals surface area contributed by atoms with Gasteiger partial charge in [0.25, 0.3) is 5.91 Å². The molecule has 0 atom stereocenters. The first-order valence-electron chi connectivity index (χ1n) is 4.88. The van der Waals surface area contributed by atoms with Crippen LogP contribution in [0.2, 0.25) is 10.0 Å². The molecule has 0 radical (unpaired) electrons. The van der Waals surface area contributed by atoms with Crippen molar-refractivity contribution in [3.63, 3.8) is 0 Å². The molecule has 4 heteroatoms. The monoisotopic (exact) mass is 245 g/mol. The van der Waals surface area contributed by atoms with Gasteiger partial charge < -0.3 is 5.32 Å². The van der Waals surface area contributed by atoms with Crippen LogP contribution < -0.4 is 5.32 Å². The molecule has 1 amide bonds. The third-order valence-electron chi connectivity index (χ3n) is 1.99. The molecule has 0 aliphatic rings. The smallest absolute Gasteiger partial charge is 0.252 e. The zero-order chi connectivity index (χ0) is 11.3. The van der Waals surface area contributed by atoms with Gasteiger partial charge in [-0.05, 0) is 24.6 Å². The van der Waals surface area contributed by atoms with E-state index in [1.165, 1.54) is 0 Å². The van der Waals surface area contributed by atoms with Crippen LogP contribution in [0.1, 0.15) is 30.1 Å². The molecular formula is C11H13Cl2NO.